The Kier molecular flexibility index (Phi) is 6.17. The number of hydrogen-bond acceptors (Lipinski definition) is 3. The van der Waals surface area contributed by atoms with Gasteiger partial charge in [0.05, 0.1) is 11.2 Å². The monoisotopic (exact) mass is 186 g/mol. The lowest BCUT2D eigenvalue weighted by molar-refractivity contribution is 0.346. The lowest BCUT2D eigenvalue weighted by Crippen LogP contribution is -2.25. The smallest absolute Gasteiger partial charge is 0.0731 e. The summed E-state index contributed by atoms with van der Waals surface area (Å²) in [5, 5.41) is 2.46. The van der Waals surface area contributed by atoms with E-state index in [1.165, 1.54) is 0 Å². The second kappa shape index (κ2) is 6.30. The van der Waals surface area contributed by atoms with Gasteiger partial charge in [0.25, 0.3) is 0 Å². The minimum Gasteiger partial charge on any atom is -0.307 e. The van der Waals surface area contributed by atoms with Gasteiger partial charge in [-0.15, -0.1) is 0 Å². The van der Waals surface area contributed by atoms with Gasteiger partial charge in [-0.25, -0.2) is 4.99 Å². The van der Waals surface area contributed by atoms with Crippen molar-refractivity contribution in [1.29, 1.82) is 0 Å². The second-order valence-electron chi connectivity index (χ2n) is 3.77. The molecule has 0 aliphatic carbocycles. The normalized spacial score (nSPS) is 13.2. The quantitative estimate of drug-likeness (QED) is 0.482. The van der Waals surface area contributed by atoms with Crippen molar-refractivity contribution in [2.75, 3.05) is 20.6 Å². The zero-order valence-electron chi connectivity index (χ0n) is 8.37. The fourth-order valence-corrected chi connectivity index (χ4v) is 1.36. The van der Waals surface area contributed by atoms with Crippen LogP contribution in [0.25, 0.3) is 0 Å². The van der Waals surface area contributed by atoms with Crippen molar-refractivity contribution in [3.63, 3.8) is 0 Å². The molecule has 0 spiro atoms. The molecule has 0 amide bonds. The molecule has 0 radical (unpaired) electrons. The van der Waals surface area contributed by atoms with E-state index in [2.05, 4.69) is 41.1 Å². The van der Waals surface area contributed by atoms with Crippen LogP contribution in [0.15, 0.2) is 4.99 Å². The molecule has 0 saturated carbocycles. The van der Waals surface area contributed by atoms with Crippen LogP contribution in [-0.4, -0.2) is 36.7 Å². The average molecular weight is 186 g/mol. The molecule has 0 aromatic carbocycles. The molecule has 0 aliphatic rings. The molecule has 0 saturated heterocycles. The summed E-state index contributed by atoms with van der Waals surface area (Å²) in [6.45, 7) is 5.35. The zero-order chi connectivity index (χ0) is 9.56. The number of thiocarbonyl (C=S) groups is 1. The average Bonchev–Trinajstić information content (AvgIpc) is 1.84. The van der Waals surface area contributed by atoms with Gasteiger partial charge < -0.3 is 4.90 Å². The Hall–Kier alpha value is -0.240. The predicted octanol–water partition coefficient (Wildman–Crippen LogP) is 2.07. The van der Waals surface area contributed by atoms with Crippen molar-refractivity contribution in [3.8, 4) is 0 Å². The van der Waals surface area contributed by atoms with Gasteiger partial charge in [0.15, 0.2) is 0 Å². The Morgan fingerprint density at radius 1 is 1.42 bits per heavy atom. The van der Waals surface area contributed by atoms with Crippen LogP contribution in [0.4, 0.5) is 0 Å². The molecule has 1 atom stereocenters. The van der Waals surface area contributed by atoms with Crippen molar-refractivity contribution < 1.29 is 0 Å². The Balaban J connectivity index is 3.95. The highest BCUT2D eigenvalue weighted by Gasteiger charge is 2.09. The molecule has 0 bridgehead atoms. The zero-order valence-corrected chi connectivity index (χ0v) is 9.19. The summed E-state index contributed by atoms with van der Waals surface area (Å²) in [5.41, 5.74) is 0. The first-order chi connectivity index (χ1) is 5.56. The van der Waals surface area contributed by atoms with E-state index in [0.717, 1.165) is 13.0 Å². The van der Waals surface area contributed by atoms with Gasteiger partial charge in [-0.1, -0.05) is 13.8 Å². The van der Waals surface area contributed by atoms with E-state index < -0.39 is 0 Å². The van der Waals surface area contributed by atoms with Gasteiger partial charge in [-0.2, -0.15) is 0 Å². The number of likely N-dealkylation sites (N-methyl/N-ethyl adjacent to an activating group) is 1. The number of rotatable bonds is 5. The van der Waals surface area contributed by atoms with Crippen LogP contribution in [-0.2, 0) is 0 Å². The summed E-state index contributed by atoms with van der Waals surface area (Å²) in [4.78, 5) is 6.26. The van der Waals surface area contributed by atoms with Crippen LogP contribution in [0.5, 0.6) is 0 Å². The molecule has 2 nitrogen and oxygen atoms in total. The van der Waals surface area contributed by atoms with Crippen molar-refractivity contribution in [3.05, 3.63) is 0 Å². The van der Waals surface area contributed by atoms with Crippen LogP contribution in [0.3, 0.4) is 0 Å². The molecule has 12 heavy (non-hydrogen) atoms. The van der Waals surface area contributed by atoms with Gasteiger partial charge in [0.1, 0.15) is 0 Å². The van der Waals surface area contributed by atoms with Gasteiger partial charge in [0.2, 0.25) is 0 Å². The summed E-state index contributed by atoms with van der Waals surface area (Å²) in [7, 11) is 4.10. The maximum Gasteiger partial charge on any atom is 0.0731 e. The molecule has 0 fully saturated rings. The third-order valence-electron chi connectivity index (χ3n) is 1.55. The van der Waals surface area contributed by atoms with Gasteiger partial charge in [-0.05, 0) is 38.7 Å². The van der Waals surface area contributed by atoms with Crippen molar-refractivity contribution in [2.24, 2.45) is 10.9 Å². The first-order valence-corrected chi connectivity index (χ1v) is 4.68. The topological polar surface area (TPSA) is 15.6 Å². The molecule has 0 aromatic rings. The molecular formula is C9H18N2S. The minimum absolute atomic E-state index is 0.317. The number of isothiocyanates is 1. The number of hydrogen-bond donors (Lipinski definition) is 0. The third kappa shape index (κ3) is 6.47. The molecule has 0 heterocycles. The SMILES string of the molecule is CC(C)CC(CN(C)C)N=C=S. The van der Waals surface area contributed by atoms with Gasteiger partial charge in [-0.3, -0.25) is 0 Å². The van der Waals surface area contributed by atoms with Crippen LogP contribution in [0.1, 0.15) is 20.3 Å². The standard InChI is InChI=1S/C9H18N2S/c1-8(2)5-9(10-7-12)6-11(3)4/h8-9H,5-6H2,1-4H3. The van der Waals surface area contributed by atoms with Crippen LogP contribution in [0.2, 0.25) is 0 Å². The van der Waals surface area contributed by atoms with Crippen LogP contribution >= 0.6 is 12.2 Å². The minimum atomic E-state index is 0.317. The highest BCUT2D eigenvalue weighted by atomic mass is 32.1. The van der Waals surface area contributed by atoms with Crippen molar-refractivity contribution >= 4 is 17.4 Å². The first-order valence-electron chi connectivity index (χ1n) is 4.28. The van der Waals surface area contributed by atoms with Crippen molar-refractivity contribution in [2.45, 2.75) is 26.3 Å². The van der Waals surface area contributed by atoms with E-state index in [1.54, 1.807) is 0 Å². The number of aliphatic imine (C=N–C) groups is 1. The van der Waals surface area contributed by atoms with E-state index >= 15 is 0 Å². The summed E-state index contributed by atoms with van der Waals surface area (Å²) in [5.74, 6) is 0.669. The molecule has 3 heteroatoms. The predicted molar refractivity (Wildman–Crippen MR) is 56.8 cm³/mol. The van der Waals surface area contributed by atoms with E-state index in [-0.39, 0.29) is 0 Å². The Morgan fingerprint density at radius 3 is 2.33 bits per heavy atom. The number of nitrogens with zero attached hydrogens (tertiary/aromatic N) is 2. The summed E-state index contributed by atoms with van der Waals surface area (Å²) >= 11 is 4.60. The highest BCUT2D eigenvalue weighted by Crippen LogP contribution is 2.08. The third-order valence-corrected chi connectivity index (χ3v) is 1.66. The van der Waals surface area contributed by atoms with E-state index in [0.29, 0.717) is 12.0 Å². The fraction of sp³-hybridized carbons (Fsp3) is 0.889. The summed E-state index contributed by atoms with van der Waals surface area (Å²) in [6.07, 6.45) is 1.09. The largest absolute Gasteiger partial charge is 0.307 e. The fourth-order valence-electron chi connectivity index (χ4n) is 1.21. The Morgan fingerprint density at radius 2 is 2.00 bits per heavy atom. The highest BCUT2D eigenvalue weighted by molar-refractivity contribution is 7.78. The summed E-state index contributed by atoms with van der Waals surface area (Å²) in [6, 6.07) is 0.317. The van der Waals surface area contributed by atoms with Gasteiger partial charge in [0, 0.05) is 6.54 Å². The van der Waals surface area contributed by atoms with E-state index in [1.807, 2.05) is 14.1 Å². The van der Waals surface area contributed by atoms with Crippen LogP contribution in [0, 0.1) is 5.92 Å². The van der Waals surface area contributed by atoms with Crippen molar-refractivity contribution in [1.82, 2.24) is 4.90 Å². The Labute approximate surface area is 80.7 Å². The summed E-state index contributed by atoms with van der Waals surface area (Å²) < 4.78 is 0. The van der Waals surface area contributed by atoms with Crippen LogP contribution < -0.4 is 0 Å². The van der Waals surface area contributed by atoms with E-state index in [9.17, 15) is 0 Å². The van der Waals surface area contributed by atoms with Gasteiger partial charge >= 0.3 is 0 Å². The lowest BCUT2D eigenvalue weighted by Gasteiger charge is -2.17. The molecule has 0 N–H and O–H groups in total. The first kappa shape index (κ1) is 11.8. The maximum atomic E-state index is 4.60. The molecular weight excluding hydrogens is 168 g/mol. The molecule has 70 valence electrons. The molecule has 0 aromatic heterocycles. The van der Waals surface area contributed by atoms with E-state index in [4.69, 9.17) is 0 Å². The second-order valence-corrected chi connectivity index (χ2v) is 3.95. The molecule has 0 aliphatic heterocycles. The molecule has 0 rings (SSSR count). The Bertz CT molecular complexity index is 150. The lowest BCUT2D eigenvalue weighted by atomic mass is 10.0. The molecule has 1 unspecified atom stereocenters. The maximum absolute atomic E-state index is 4.60.